The van der Waals surface area contributed by atoms with Crippen molar-refractivity contribution in [3.05, 3.63) is 58.4 Å². The lowest BCUT2D eigenvalue weighted by atomic mass is 9.93. The zero-order valence-corrected chi connectivity index (χ0v) is 13.9. The highest BCUT2D eigenvalue weighted by Crippen LogP contribution is 2.31. The predicted octanol–water partition coefficient (Wildman–Crippen LogP) is 4.15. The van der Waals surface area contributed by atoms with E-state index in [1.54, 1.807) is 12.3 Å². The van der Waals surface area contributed by atoms with Gasteiger partial charge in [0.15, 0.2) is 5.78 Å². The van der Waals surface area contributed by atoms with Crippen LogP contribution < -0.4 is 0 Å². The Labute approximate surface area is 141 Å². The number of allylic oxidation sites excluding steroid dienone is 1. The molecule has 1 fully saturated rings. The number of carbonyl (C=O) groups excluding carboxylic acids is 1. The topological polar surface area (TPSA) is 25.2 Å². The molecule has 0 saturated carbocycles. The SMILES string of the molecule is CN1CCC(c2ccc(C3=Cn4cc(Cl)cc4C(=O)C3)cc2)C1. The van der Waals surface area contributed by atoms with E-state index >= 15 is 0 Å². The summed E-state index contributed by atoms with van der Waals surface area (Å²) in [5.41, 5.74) is 4.23. The van der Waals surface area contributed by atoms with Crippen molar-refractivity contribution in [3.63, 3.8) is 0 Å². The number of hydrogen-bond acceptors (Lipinski definition) is 2. The molecule has 0 aliphatic carbocycles. The van der Waals surface area contributed by atoms with E-state index in [1.807, 2.05) is 10.8 Å². The van der Waals surface area contributed by atoms with Crippen molar-refractivity contribution < 1.29 is 4.79 Å². The van der Waals surface area contributed by atoms with Gasteiger partial charge in [0.2, 0.25) is 0 Å². The van der Waals surface area contributed by atoms with Crippen LogP contribution in [0.15, 0.2) is 36.5 Å². The van der Waals surface area contributed by atoms with Gasteiger partial charge in [-0.2, -0.15) is 0 Å². The average molecular weight is 327 g/mol. The number of likely N-dealkylation sites (tertiary alicyclic amines) is 1. The summed E-state index contributed by atoms with van der Waals surface area (Å²) in [5, 5.41) is 0.603. The number of rotatable bonds is 2. The Morgan fingerprint density at radius 3 is 2.70 bits per heavy atom. The number of fused-ring (bicyclic) bond motifs is 1. The van der Waals surface area contributed by atoms with Gasteiger partial charge in [-0.05, 0) is 48.7 Å². The molecule has 2 aromatic rings. The Bertz CT molecular complexity index is 788. The van der Waals surface area contributed by atoms with Gasteiger partial charge >= 0.3 is 0 Å². The molecule has 1 aromatic carbocycles. The number of benzene rings is 1. The van der Waals surface area contributed by atoms with Gasteiger partial charge in [0, 0.05) is 25.4 Å². The molecule has 3 nitrogen and oxygen atoms in total. The normalized spacial score (nSPS) is 21.4. The smallest absolute Gasteiger partial charge is 0.184 e. The highest BCUT2D eigenvalue weighted by atomic mass is 35.5. The summed E-state index contributed by atoms with van der Waals surface area (Å²) in [6.45, 7) is 2.30. The third-order valence-electron chi connectivity index (χ3n) is 4.89. The summed E-state index contributed by atoms with van der Waals surface area (Å²) >= 11 is 6.01. The van der Waals surface area contributed by atoms with Crippen LogP contribution in [0.4, 0.5) is 0 Å². The van der Waals surface area contributed by atoms with Crippen molar-refractivity contribution in [2.45, 2.75) is 18.8 Å². The van der Waals surface area contributed by atoms with Crippen molar-refractivity contribution in [2.24, 2.45) is 0 Å². The minimum atomic E-state index is 0.121. The maximum absolute atomic E-state index is 12.3. The maximum atomic E-state index is 12.3. The lowest BCUT2D eigenvalue weighted by Crippen LogP contribution is -2.13. The largest absolute Gasteiger partial charge is 0.319 e. The molecule has 0 amide bonds. The van der Waals surface area contributed by atoms with Crippen molar-refractivity contribution in [2.75, 3.05) is 20.1 Å². The number of halogens is 1. The maximum Gasteiger partial charge on any atom is 0.184 e. The minimum Gasteiger partial charge on any atom is -0.319 e. The molecule has 118 valence electrons. The average Bonchev–Trinajstić information content (AvgIpc) is 3.13. The number of aromatic nitrogens is 1. The fourth-order valence-electron chi connectivity index (χ4n) is 3.61. The van der Waals surface area contributed by atoms with Gasteiger partial charge in [-0.1, -0.05) is 35.9 Å². The molecule has 4 heteroatoms. The minimum absolute atomic E-state index is 0.121. The first kappa shape index (κ1) is 14.7. The summed E-state index contributed by atoms with van der Waals surface area (Å²) in [5.74, 6) is 0.752. The molecule has 1 saturated heterocycles. The van der Waals surface area contributed by atoms with Gasteiger partial charge in [-0.25, -0.2) is 0 Å². The molecule has 3 heterocycles. The Morgan fingerprint density at radius 1 is 1.22 bits per heavy atom. The molecule has 1 unspecified atom stereocenters. The second-order valence-corrected chi connectivity index (χ2v) is 7.01. The standard InChI is InChI=1S/C19H19ClN2O/c1-21-7-6-15(10-21)13-2-4-14(5-3-13)16-8-19(23)18-9-17(20)12-22(18)11-16/h2-5,9,11-12,15H,6-8,10H2,1H3. The molecule has 0 radical (unpaired) electrons. The van der Waals surface area contributed by atoms with E-state index in [-0.39, 0.29) is 5.78 Å². The van der Waals surface area contributed by atoms with Crippen molar-refractivity contribution >= 4 is 29.2 Å². The molecule has 0 spiro atoms. The third-order valence-corrected chi connectivity index (χ3v) is 5.10. The van der Waals surface area contributed by atoms with Crippen LogP contribution in [0, 0.1) is 0 Å². The van der Waals surface area contributed by atoms with Gasteiger partial charge in [0.1, 0.15) is 0 Å². The summed E-state index contributed by atoms with van der Waals surface area (Å²) in [4.78, 5) is 14.6. The lowest BCUT2D eigenvalue weighted by Gasteiger charge is -2.16. The monoisotopic (exact) mass is 326 g/mol. The first-order valence-electron chi connectivity index (χ1n) is 8.00. The van der Waals surface area contributed by atoms with Crippen molar-refractivity contribution in [1.82, 2.24) is 9.47 Å². The van der Waals surface area contributed by atoms with E-state index in [4.69, 9.17) is 11.6 Å². The van der Waals surface area contributed by atoms with E-state index in [0.717, 1.165) is 17.7 Å². The zero-order valence-electron chi connectivity index (χ0n) is 13.1. The Morgan fingerprint density at radius 2 is 2.00 bits per heavy atom. The molecular formula is C19H19ClN2O. The highest BCUT2D eigenvalue weighted by molar-refractivity contribution is 6.31. The van der Waals surface area contributed by atoms with Crippen LogP contribution in [0.5, 0.6) is 0 Å². The van der Waals surface area contributed by atoms with Crippen LogP contribution in [0.2, 0.25) is 5.02 Å². The molecule has 4 rings (SSSR count). The second-order valence-electron chi connectivity index (χ2n) is 6.57. The van der Waals surface area contributed by atoms with Gasteiger partial charge in [-0.3, -0.25) is 4.79 Å². The first-order chi connectivity index (χ1) is 11.1. The van der Waals surface area contributed by atoms with Crippen molar-refractivity contribution in [3.8, 4) is 0 Å². The second kappa shape index (κ2) is 5.66. The summed E-state index contributed by atoms with van der Waals surface area (Å²) in [6.07, 6.45) is 5.46. The van der Waals surface area contributed by atoms with Crippen LogP contribution >= 0.6 is 11.6 Å². The molecule has 1 atom stereocenters. The van der Waals surface area contributed by atoms with E-state index in [9.17, 15) is 4.79 Å². The Hall–Kier alpha value is -1.84. The lowest BCUT2D eigenvalue weighted by molar-refractivity contribution is 0.0990. The van der Waals surface area contributed by atoms with Gasteiger partial charge < -0.3 is 9.47 Å². The summed E-state index contributed by atoms with van der Waals surface area (Å²) < 4.78 is 1.84. The summed E-state index contributed by atoms with van der Waals surface area (Å²) in [7, 11) is 2.17. The molecule has 1 aromatic heterocycles. The molecule has 0 N–H and O–H groups in total. The van der Waals surface area contributed by atoms with Gasteiger partial charge in [0.25, 0.3) is 0 Å². The van der Waals surface area contributed by atoms with E-state index in [1.165, 1.54) is 18.5 Å². The number of Topliss-reactive ketones (excluding diaryl/α,β-unsaturated/α-hetero) is 1. The molecule has 2 aliphatic rings. The van der Waals surface area contributed by atoms with Crippen LogP contribution in [-0.2, 0) is 0 Å². The first-order valence-corrected chi connectivity index (χ1v) is 8.38. The van der Waals surface area contributed by atoms with E-state index < -0.39 is 0 Å². The van der Waals surface area contributed by atoms with Crippen molar-refractivity contribution in [1.29, 1.82) is 0 Å². The fourth-order valence-corrected chi connectivity index (χ4v) is 3.81. The quantitative estimate of drug-likeness (QED) is 0.828. The van der Waals surface area contributed by atoms with Crippen LogP contribution in [-0.4, -0.2) is 35.4 Å². The van der Waals surface area contributed by atoms with Crippen LogP contribution in [0.1, 0.15) is 40.4 Å². The Kier molecular flexibility index (Phi) is 3.63. The zero-order chi connectivity index (χ0) is 16.0. The van der Waals surface area contributed by atoms with Crippen LogP contribution in [0.25, 0.3) is 11.8 Å². The van der Waals surface area contributed by atoms with Crippen LogP contribution in [0.3, 0.4) is 0 Å². The molecular weight excluding hydrogens is 308 g/mol. The number of hydrogen-bond donors (Lipinski definition) is 0. The third kappa shape index (κ3) is 2.75. The number of ketones is 1. The predicted molar refractivity (Wildman–Crippen MR) is 93.9 cm³/mol. The highest BCUT2D eigenvalue weighted by Gasteiger charge is 2.22. The number of nitrogens with zero attached hydrogens (tertiary/aromatic N) is 2. The van der Waals surface area contributed by atoms with Gasteiger partial charge in [0.05, 0.1) is 10.7 Å². The Balaban J connectivity index is 1.61. The van der Waals surface area contributed by atoms with E-state index in [0.29, 0.717) is 23.1 Å². The molecule has 23 heavy (non-hydrogen) atoms. The van der Waals surface area contributed by atoms with Gasteiger partial charge in [-0.15, -0.1) is 0 Å². The number of likely N-dealkylation sites (N-methyl/N-ethyl adjacent to an activating group) is 1. The number of carbonyl (C=O) groups is 1. The molecule has 2 aliphatic heterocycles. The fraction of sp³-hybridized carbons (Fsp3) is 0.316. The molecule has 0 bridgehead atoms. The summed E-state index contributed by atoms with van der Waals surface area (Å²) in [6, 6.07) is 10.4. The van der Waals surface area contributed by atoms with E-state index in [2.05, 4.69) is 36.2 Å².